The number of nitrogens with two attached hydrogens (primary N) is 1. The summed E-state index contributed by atoms with van der Waals surface area (Å²) in [5.41, 5.74) is 8.26. The maximum absolute atomic E-state index is 12.1. The predicted octanol–water partition coefficient (Wildman–Crippen LogP) is 1.43. The van der Waals surface area contributed by atoms with Gasteiger partial charge in [0.2, 0.25) is 15.9 Å². The predicted molar refractivity (Wildman–Crippen MR) is 77.3 cm³/mol. The number of aryl methyl sites for hydroxylation is 1. The molecule has 0 radical (unpaired) electrons. The van der Waals surface area contributed by atoms with Gasteiger partial charge in [0, 0.05) is 16.6 Å². The van der Waals surface area contributed by atoms with Gasteiger partial charge < -0.3 is 5.73 Å². The highest BCUT2D eigenvalue weighted by atomic mass is 32.2. The van der Waals surface area contributed by atoms with E-state index in [1.807, 2.05) is 0 Å². The molecule has 1 aliphatic rings. The van der Waals surface area contributed by atoms with E-state index in [0.717, 1.165) is 42.3 Å². The highest BCUT2D eigenvalue weighted by molar-refractivity contribution is 7.89. The van der Waals surface area contributed by atoms with Crippen LogP contribution in [0.25, 0.3) is 10.9 Å². The Morgan fingerprint density at radius 1 is 1.25 bits per heavy atom. The monoisotopic (exact) mass is 292 g/mol. The highest BCUT2D eigenvalue weighted by Gasteiger charge is 2.24. The summed E-state index contributed by atoms with van der Waals surface area (Å²) < 4.78 is 25.6. The third kappa shape index (κ3) is 1.91. The molecule has 0 saturated carbocycles. The van der Waals surface area contributed by atoms with Gasteiger partial charge in [0.25, 0.3) is 0 Å². The van der Waals surface area contributed by atoms with Crippen molar-refractivity contribution in [2.45, 2.75) is 25.7 Å². The zero-order chi connectivity index (χ0) is 14.5. The summed E-state index contributed by atoms with van der Waals surface area (Å²) in [7, 11) is -3.36. The second-order valence-corrected chi connectivity index (χ2v) is 7.09. The van der Waals surface area contributed by atoms with Crippen molar-refractivity contribution in [1.29, 1.82) is 0 Å². The lowest BCUT2D eigenvalue weighted by atomic mass is 9.95. The Morgan fingerprint density at radius 3 is 2.60 bits per heavy atom. The van der Waals surface area contributed by atoms with Gasteiger partial charge in [-0.15, -0.1) is 0 Å². The van der Waals surface area contributed by atoms with Gasteiger partial charge in [0.05, 0.1) is 11.8 Å². The summed E-state index contributed by atoms with van der Waals surface area (Å²) >= 11 is 0. The van der Waals surface area contributed by atoms with Crippen LogP contribution in [0, 0.1) is 0 Å². The normalized spacial score (nSPS) is 15.2. The maximum atomic E-state index is 12.1. The number of nitrogens with zero attached hydrogens (tertiary/aromatic N) is 1. The third-order valence-corrected chi connectivity index (χ3v) is 4.92. The van der Waals surface area contributed by atoms with E-state index in [2.05, 4.69) is 0 Å². The van der Waals surface area contributed by atoms with Crippen LogP contribution in [-0.4, -0.2) is 24.6 Å². The minimum absolute atomic E-state index is 0.413. The fraction of sp³-hybridized carbons (Fsp3) is 0.357. The molecule has 1 heterocycles. The van der Waals surface area contributed by atoms with E-state index < -0.39 is 15.9 Å². The highest BCUT2D eigenvalue weighted by Crippen LogP contribution is 2.33. The van der Waals surface area contributed by atoms with Crippen molar-refractivity contribution in [1.82, 2.24) is 3.97 Å². The number of benzene rings is 1. The van der Waals surface area contributed by atoms with Crippen LogP contribution in [0.4, 0.5) is 0 Å². The van der Waals surface area contributed by atoms with E-state index in [4.69, 9.17) is 5.73 Å². The number of amides is 1. The average molecular weight is 292 g/mol. The first kappa shape index (κ1) is 13.2. The summed E-state index contributed by atoms with van der Waals surface area (Å²) in [6.45, 7) is 0. The van der Waals surface area contributed by atoms with Gasteiger partial charge in [0.15, 0.2) is 0 Å². The lowest BCUT2D eigenvalue weighted by molar-refractivity contribution is 0.100. The molecular formula is C14H16N2O3S. The third-order valence-electron chi connectivity index (χ3n) is 3.84. The number of carbonyl (C=O) groups is 1. The SMILES string of the molecule is CS(=O)(=O)n1c2c(c3cc(C(N)=O)ccc31)CCCC2. The van der Waals surface area contributed by atoms with Crippen molar-refractivity contribution in [2.75, 3.05) is 6.26 Å². The van der Waals surface area contributed by atoms with Crippen LogP contribution < -0.4 is 5.73 Å². The number of aromatic nitrogens is 1. The molecule has 1 amide bonds. The van der Waals surface area contributed by atoms with Crippen LogP contribution in [0.15, 0.2) is 18.2 Å². The van der Waals surface area contributed by atoms with E-state index in [1.54, 1.807) is 18.2 Å². The number of carbonyl (C=O) groups excluding carboxylic acids is 1. The van der Waals surface area contributed by atoms with Crippen molar-refractivity contribution in [3.8, 4) is 0 Å². The molecule has 106 valence electrons. The van der Waals surface area contributed by atoms with Crippen LogP contribution in [-0.2, 0) is 22.9 Å². The quantitative estimate of drug-likeness (QED) is 0.909. The first-order valence-corrected chi connectivity index (χ1v) is 8.41. The van der Waals surface area contributed by atoms with Gasteiger partial charge in [-0.25, -0.2) is 12.4 Å². The van der Waals surface area contributed by atoms with E-state index in [1.165, 1.54) is 10.2 Å². The Kier molecular flexibility index (Phi) is 2.86. The minimum atomic E-state index is -3.36. The van der Waals surface area contributed by atoms with Gasteiger partial charge in [-0.3, -0.25) is 4.79 Å². The van der Waals surface area contributed by atoms with Crippen molar-refractivity contribution < 1.29 is 13.2 Å². The Bertz CT molecular complexity index is 819. The molecule has 0 bridgehead atoms. The van der Waals surface area contributed by atoms with Gasteiger partial charge >= 0.3 is 0 Å². The van der Waals surface area contributed by atoms with E-state index in [-0.39, 0.29) is 0 Å². The number of primary amides is 1. The smallest absolute Gasteiger partial charge is 0.248 e. The summed E-state index contributed by atoms with van der Waals surface area (Å²) in [4.78, 5) is 11.3. The van der Waals surface area contributed by atoms with Crippen LogP contribution in [0.3, 0.4) is 0 Å². The topological polar surface area (TPSA) is 82.2 Å². The Hall–Kier alpha value is -1.82. The molecule has 2 N–H and O–H groups in total. The summed E-state index contributed by atoms with van der Waals surface area (Å²) in [5.74, 6) is -0.497. The van der Waals surface area contributed by atoms with Gasteiger partial charge in [-0.2, -0.15) is 0 Å². The van der Waals surface area contributed by atoms with Crippen LogP contribution in [0.2, 0.25) is 0 Å². The number of rotatable bonds is 2. The molecule has 3 rings (SSSR count). The fourth-order valence-corrected chi connectivity index (χ4v) is 4.15. The molecule has 0 unspecified atom stereocenters. The molecule has 0 aliphatic heterocycles. The van der Waals surface area contributed by atoms with Crippen molar-refractivity contribution >= 4 is 26.8 Å². The molecule has 6 heteroatoms. The van der Waals surface area contributed by atoms with E-state index in [0.29, 0.717) is 11.1 Å². The first-order valence-electron chi connectivity index (χ1n) is 6.56. The molecule has 2 aromatic rings. The average Bonchev–Trinajstić information content (AvgIpc) is 2.71. The van der Waals surface area contributed by atoms with Crippen molar-refractivity contribution in [2.24, 2.45) is 5.73 Å². The summed E-state index contributed by atoms with van der Waals surface area (Å²) in [6, 6.07) is 4.97. The standard InChI is InChI=1S/C14H16N2O3S/c1-20(18,19)16-12-5-3-2-4-10(12)11-8-9(14(15)17)6-7-13(11)16/h6-8H,2-5H2,1H3,(H2,15,17). The second kappa shape index (κ2) is 4.34. The molecule has 1 aromatic heterocycles. The van der Waals surface area contributed by atoms with Crippen molar-refractivity contribution in [3.05, 3.63) is 35.0 Å². The zero-order valence-electron chi connectivity index (χ0n) is 11.2. The largest absolute Gasteiger partial charge is 0.366 e. The Labute approximate surface area is 117 Å². The number of hydrogen-bond acceptors (Lipinski definition) is 3. The maximum Gasteiger partial charge on any atom is 0.248 e. The Balaban J connectivity index is 2.42. The van der Waals surface area contributed by atoms with Crippen LogP contribution in [0.5, 0.6) is 0 Å². The lowest BCUT2D eigenvalue weighted by Gasteiger charge is -2.14. The lowest BCUT2D eigenvalue weighted by Crippen LogP contribution is -2.15. The fourth-order valence-electron chi connectivity index (χ4n) is 3.04. The molecule has 0 atom stereocenters. The first-order chi connectivity index (χ1) is 9.39. The molecule has 1 aromatic carbocycles. The van der Waals surface area contributed by atoms with E-state index >= 15 is 0 Å². The molecule has 0 fully saturated rings. The minimum Gasteiger partial charge on any atom is -0.366 e. The molecular weight excluding hydrogens is 276 g/mol. The molecule has 1 aliphatic carbocycles. The van der Waals surface area contributed by atoms with Crippen LogP contribution in [0.1, 0.15) is 34.5 Å². The zero-order valence-corrected chi connectivity index (χ0v) is 12.0. The van der Waals surface area contributed by atoms with Crippen molar-refractivity contribution in [3.63, 3.8) is 0 Å². The Morgan fingerprint density at radius 2 is 1.95 bits per heavy atom. The van der Waals surface area contributed by atoms with Crippen LogP contribution >= 0.6 is 0 Å². The number of hydrogen-bond donors (Lipinski definition) is 1. The van der Waals surface area contributed by atoms with E-state index in [9.17, 15) is 13.2 Å². The summed E-state index contributed by atoms with van der Waals surface area (Å²) in [6.07, 6.45) is 4.83. The van der Waals surface area contributed by atoms with Gasteiger partial charge in [0.1, 0.15) is 0 Å². The molecule has 0 saturated heterocycles. The van der Waals surface area contributed by atoms with Gasteiger partial charge in [-0.05, 0) is 49.4 Å². The second-order valence-electron chi connectivity index (χ2n) is 5.26. The molecule has 5 nitrogen and oxygen atoms in total. The number of fused-ring (bicyclic) bond motifs is 3. The molecule has 20 heavy (non-hydrogen) atoms. The summed E-state index contributed by atoms with van der Waals surface area (Å²) in [5, 5.41) is 0.835. The van der Waals surface area contributed by atoms with Gasteiger partial charge in [-0.1, -0.05) is 0 Å². The molecule has 0 spiro atoms.